The third-order valence-corrected chi connectivity index (χ3v) is 4.95. The average Bonchev–Trinajstić information content (AvgIpc) is 3.25. The summed E-state index contributed by atoms with van der Waals surface area (Å²) in [7, 11) is 0. The molecule has 0 radical (unpaired) electrons. The van der Waals surface area contributed by atoms with Gasteiger partial charge in [-0.15, -0.1) is 0 Å². The van der Waals surface area contributed by atoms with Gasteiger partial charge in [0.2, 0.25) is 5.78 Å². The molecule has 0 aromatic carbocycles. The van der Waals surface area contributed by atoms with Crippen molar-refractivity contribution in [3.8, 4) is 0 Å². The number of furan rings is 2. The van der Waals surface area contributed by atoms with Crippen LogP contribution in [0.4, 0.5) is 0 Å². The van der Waals surface area contributed by atoms with Gasteiger partial charge in [0.15, 0.2) is 11.5 Å². The molecule has 0 N–H and O–H groups in total. The molecule has 24 heavy (non-hydrogen) atoms. The molecule has 0 bridgehead atoms. The molecule has 2 aromatic rings. The fourth-order valence-corrected chi connectivity index (χ4v) is 3.57. The maximum Gasteiger partial charge on any atom is 0.224 e. The van der Waals surface area contributed by atoms with Crippen LogP contribution in [0.5, 0.6) is 0 Å². The van der Waals surface area contributed by atoms with Crippen molar-refractivity contribution >= 4 is 11.6 Å². The number of rotatable bonds is 2. The minimum Gasteiger partial charge on any atom is -0.468 e. The van der Waals surface area contributed by atoms with E-state index in [9.17, 15) is 9.59 Å². The highest BCUT2D eigenvalue weighted by molar-refractivity contribution is 6.14. The average molecular weight is 322 g/mol. The Morgan fingerprint density at radius 2 is 1.75 bits per heavy atom. The summed E-state index contributed by atoms with van der Waals surface area (Å²) in [5.41, 5.74) is 6.17. The molecule has 4 rings (SSSR count). The van der Waals surface area contributed by atoms with Gasteiger partial charge in [-0.05, 0) is 26.8 Å². The predicted octanol–water partition coefficient (Wildman–Crippen LogP) is 4.25. The van der Waals surface area contributed by atoms with Gasteiger partial charge < -0.3 is 8.83 Å². The Morgan fingerprint density at radius 3 is 2.46 bits per heavy atom. The van der Waals surface area contributed by atoms with Gasteiger partial charge in [0, 0.05) is 41.5 Å². The van der Waals surface area contributed by atoms with Gasteiger partial charge in [0.25, 0.3) is 0 Å². The highest BCUT2D eigenvalue weighted by Crippen LogP contribution is 2.35. The first-order valence-corrected chi connectivity index (χ1v) is 8.07. The minimum absolute atomic E-state index is 0.0491. The Bertz CT molecular complexity index is 942. The first-order valence-electron chi connectivity index (χ1n) is 8.07. The zero-order valence-electron chi connectivity index (χ0n) is 14.0. The topological polar surface area (TPSA) is 60.4 Å². The molecule has 2 aliphatic carbocycles. The van der Waals surface area contributed by atoms with Crippen LogP contribution >= 0.6 is 0 Å². The highest BCUT2D eigenvalue weighted by atomic mass is 16.3. The number of fused-ring (bicyclic) bond motifs is 2. The number of hydrogen-bond donors (Lipinski definition) is 0. The van der Waals surface area contributed by atoms with Crippen LogP contribution in [0.25, 0.3) is 0 Å². The largest absolute Gasteiger partial charge is 0.468 e. The molecule has 2 aromatic heterocycles. The van der Waals surface area contributed by atoms with Crippen molar-refractivity contribution in [2.24, 2.45) is 0 Å². The van der Waals surface area contributed by atoms with Gasteiger partial charge in [-0.1, -0.05) is 11.1 Å². The Kier molecular flexibility index (Phi) is 3.23. The van der Waals surface area contributed by atoms with Crippen molar-refractivity contribution in [1.82, 2.24) is 0 Å². The highest BCUT2D eigenvalue weighted by Gasteiger charge is 2.33. The van der Waals surface area contributed by atoms with E-state index < -0.39 is 0 Å². The third-order valence-electron chi connectivity index (χ3n) is 4.95. The molecular weight excluding hydrogens is 304 g/mol. The Labute approximate surface area is 139 Å². The van der Waals surface area contributed by atoms with Gasteiger partial charge in [-0.2, -0.15) is 0 Å². The van der Waals surface area contributed by atoms with Crippen LogP contribution < -0.4 is 0 Å². The normalized spacial score (nSPS) is 18.2. The standard InChI is InChI=1S/C20H18O4/c1-10(2)14-8-13-9-24-16(17(13)18(14)21)6-11(3)15-7-12-4-5-23-20(12)19(15)22/h4-5,9H,6-8H2,1-3H3/b15-11+. The quantitative estimate of drug-likeness (QED) is 0.776. The number of ketones is 2. The summed E-state index contributed by atoms with van der Waals surface area (Å²) < 4.78 is 10.9. The monoisotopic (exact) mass is 322 g/mol. The summed E-state index contributed by atoms with van der Waals surface area (Å²) in [6.07, 6.45) is 4.93. The molecule has 0 aliphatic heterocycles. The maximum atomic E-state index is 12.6. The SMILES string of the molecule is CC(C)=C1Cc2coc(C/C(C)=C3\Cc4ccoc4C3=O)c2C1=O. The third kappa shape index (κ3) is 2.06. The number of hydrogen-bond acceptors (Lipinski definition) is 4. The van der Waals surface area contributed by atoms with Crippen LogP contribution in [-0.2, 0) is 19.3 Å². The summed E-state index contributed by atoms with van der Waals surface area (Å²) in [4.78, 5) is 25.0. The summed E-state index contributed by atoms with van der Waals surface area (Å²) in [6.45, 7) is 5.84. The van der Waals surface area contributed by atoms with E-state index in [1.54, 1.807) is 12.5 Å². The maximum absolute atomic E-state index is 12.6. The van der Waals surface area contributed by atoms with Crippen molar-refractivity contribution < 1.29 is 18.4 Å². The Balaban J connectivity index is 1.66. The van der Waals surface area contributed by atoms with Crippen molar-refractivity contribution in [1.29, 1.82) is 0 Å². The predicted molar refractivity (Wildman–Crippen MR) is 88.3 cm³/mol. The van der Waals surface area contributed by atoms with E-state index in [0.717, 1.165) is 33.4 Å². The Hall–Kier alpha value is -2.62. The van der Waals surface area contributed by atoms with E-state index in [1.807, 2.05) is 26.8 Å². The molecule has 122 valence electrons. The van der Waals surface area contributed by atoms with Crippen molar-refractivity contribution in [3.05, 3.63) is 69.1 Å². The smallest absolute Gasteiger partial charge is 0.224 e. The summed E-state index contributed by atoms with van der Waals surface area (Å²) in [5, 5.41) is 0. The molecule has 0 atom stereocenters. The fourth-order valence-electron chi connectivity index (χ4n) is 3.57. The van der Waals surface area contributed by atoms with Gasteiger partial charge in [0.05, 0.1) is 18.1 Å². The number of carbonyl (C=O) groups excluding carboxylic acids is 2. The van der Waals surface area contributed by atoms with Crippen LogP contribution in [-0.4, -0.2) is 11.6 Å². The molecule has 4 heteroatoms. The fraction of sp³-hybridized carbons (Fsp3) is 0.300. The van der Waals surface area contributed by atoms with E-state index >= 15 is 0 Å². The lowest BCUT2D eigenvalue weighted by Gasteiger charge is -2.05. The summed E-state index contributed by atoms with van der Waals surface area (Å²) >= 11 is 0. The van der Waals surface area contributed by atoms with Crippen LogP contribution in [0.1, 0.15) is 58.6 Å². The second-order valence-electron chi connectivity index (χ2n) is 6.76. The van der Waals surface area contributed by atoms with E-state index in [1.165, 1.54) is 0 Å². The number of allylic oxidation sites excluding steroid dienone is 4. The lowest BCUT2D eigenvalue weighted by atomic mass is 9.99. The molecular formula is C20H18O4. The first kappa shape index (κ1) is 14.9. The minimum atomic E-state index is -0.0491. The van der Waals surface area contributed by atoms with Gasteiger partial charge >= 0.3 is 0 Å². The lowest BCUT2D eigenvalue weighted by molar-refractivity contribution is 0.101. The molecule has 0 saturated carbocycles. The summed E-state index contributed by atoms with van der Waals surface area (Å²) in [6, 6.07) is 1.84. The molecule has 0 spiro atoms. The van der Waals surface area contributed by atoms with Gasteiger partial charge in [0.1, 0.15) is 5.76 Å². The zero-order valence-corrected chi connectivity index (χ0v) is 14.0. The Morgan fingerprint density at radius 1 is 1.00 bits per heavy atom. The zero-order chi connectivity index (χ0) is 17.0. The van der Waals surface area contributed by atoms with Crippen LogP contribution in [0.15, 0.2) is 49.7 Å². The summed E-state index contributed by atoms with van der Waals surface area (Å²) in [5.74, 6) is 1.12. The molecule has 0 unspecified atom stereocenters. The molecule has 0 amide bonds. The molecule has 2 aliphatic rings. The van der Waals surface area contributed by atoms with E-state index in [2.05, 4.69) is 0 Å². The van der Waals surface area contributed by atoms with E-state index in [4.69, 9.17) is 8.83 Å². The van der Waals surface area contributed by atoms with Crippen LogP contribution in [0.2, 0.25) is 0 Å². The van der Waals surface area contributed by atoms with Crippen molar-refractivity contribution in [2.75, 3.05) is 0 Å². The molecule has 2 heterocycles. The van der Waals surface area contributed by atoms with Gasteiger partial charge in [-0.3, -0.25) is 9.59 Å². The van der Waals surface area contributed by atoms with Crippen molar-refractivity contribution in [2.45, 2.75) is 40.0 Å². The number of carbonyl (C=O) groups is 2. The number of Topliss-reactive ketones (excluding diaryl/α,β-unsaturated/α-hetero) is 2. The first-order chi connectivity index (χ1) is 11.5. The lowest BCUT2D eigenvalue weighted by Crippen LogP contribution is -2.04. The van der Waals surface area contributed by atoms with Gasteiger partial charge in [-0.25, -0.2) is 0 Å². The van der Waals surface area contributed by atoms with Crippen LogP contribution in [0, 0.1) is 0 Å². The second kappa shape index (κ2) is 5.20. The molecule has 0 fully saturated rings. The van der Waals surface area contributed by atoms with Crippen molar-refractivity contribution in [3.63, 3.8) is 0 Å². The molecule has 0 saturated heterocycles. The van der Waals surface area contributed by atoms with E-state index in [0.29, 0.717) is 36.3 Å². The molecule has 4 nitrogen and oxygen atoms in total. The van der Waals surface area contributed by atoms with E-state index in [-0.39, 0.29) is 11.6 Å². The second-order valence-corrected chi connectivity index (χ2v) is 6.76. The van der Waals surface area contributed by atoms with Crippen LogP contribution in [0.3, 0.4) is 0 Å².